The lowest BCUT2D eigenvalue weighted by Gasteiger charge is -2.39. The van der Waals surface area contributed by atoms with E-state index in [1.807, 2.05) is 0 Å². The number of carboxylic acid groups (broad SMARTS) is 1. The number of ether oxygens (including phenoxy) is 1. The van der Waals surface area contributed by atoms with Crippen molar-refractivity contribution in [2.24, 2.45) is 0 Å². The topological polar surface area (TPSA) is 109 Å². The molecule has 1 aromatic heterocycles. The zero-order chi connectivity index (χ0) is 19.0. The average Bonchev–Trinajstić information content (AvgIpc) is 2.63. The lowest BCUT2D eigenvalue weighted by atomic mass is 9.78. The lowest BCUT2D eigenvalue weighted by molar-refractivity contribution is 0.0169. The first-order chi connectivity index (χ1) is 13.0. The van der Waals surface area contributed by atoms with Crippen LogP contribution >= 0.6 is 0 Å². The SMILES string of the molecule is O=C(O)c1c(OC2CN(C(=O)c3cccnc3)C2)ccc2c1OB(O)CC2. The predicted molar refractivity (Wildman–Crippen MR) is 95.1 cm³/mol. The van der Waals surface area contributed by atoms with Gasteiger partial charge in [-0.05, 0) is 36.5 Å². The van der Waals surface area contributed by atoms with Crippen LogP contribution in [0.5, 0.6) is 11.5 Å². The summed E-state index contributed by atoms with van der Waals surface area (Å²) in [5, 5.41) is 19.3. The number of aromatic carboxylic acids is 1. The first-order valence-corrected chi connectivity index (χ1v) is 8.63. The van der Waals surface area contributed by atoms with E-state index < -0.39 is 13.1 Å². The maximum Gasteiger partial charge on any atom is 0.522 e. The number of aromatic nitrogens is 1. The molecule has 3 heterocycles. The van der Waals surface area contributed by atoms with Crippen LogP contribution in [0.1, 0.15) is 26.3 Å². The Morgan fingerprint density at radius 1 is 1.30 bits per heavy atom. The number of carbonyl (C=O) groups is 2. The first-order valence-electron chi connectivity index (χ1n) is 8.63. The molecule has 1 saturated heterocycles. The molecular formula is C18H17BN2O6. The number of fused-ring (bicyclic) bond motifs is 1. The van der Waals surface area contributed by atoms with E-state index in [1.165, 1.54) is 6.20 Å². The fourth-order valence-electron chi connectivity index (χ4n) is 3.24. The lowest BCUT2D eigenvalue weighted by Crippen LogP contribution is -2.56. The summed E-state index contributed by atoms with van der Waals surface area (Å²) in [6, 6.07) is 6.75. The summed E-state index contributed by atoms with van der Waals surface area (Å²) in [4.78, 5) is 29.6. The van der Waals surface area contributed by atoms with Crippen molar-refractivity contribution in [3.8, 4) is 11.5 Å². The second-order valence-corrected chi connectivity index (χ2v) is 6.53. The second-order valence-electron chi connectivity index (χ2n) is 6.53. The van der Waals surface area contributed by atoms with Crippen molar-refractivity contribution in [1.82, 2.24) is 9.88 Å². The molecule has 4 rings (SSSR count). The number of carboxylic acids is 1. The molecule has 0 aliphatic carbocycles. The summed E-state index contributed by atoms with van der Waals surface area (Å²) in [6.45, 7) is 0.709. The molecule has 1 amide bonds. The van der Waals surface area contributed by atoms with Crippen molar-refractivity contribution in [3.05, 3.63) is 53.3 Å². The summed E-state index contributed by atoms with van der Waals surface area (Å²) in [5.41, 5.74) is 1.13. The molecule has 0 atom stereocenters. The van der Waals surface area contributed by atoms with Gasteiger partial charge in [0.1, 0.15) is 23.2 Å². The van der Waals surface area contributed by atoms with Gasteiger partial charge >= 0.3 is 13.1 Å². The Bertz CT molecular complexity index is 885. The predicted octanol–water partition coefficient (Wildman–Crippen LogP) is 1.10. The number of aryl methyl sites for hydroxylation is 1. The Hall–Kier alpha value is -3.07. The Morgan fingerprint density at radius 2 is 2.11 bits per heavy atom. The van der Waals surface area contributed by atoms with E-state index in [0.717, 1.165) is 5.56 Å². The number of carbonyl (C=O) groups excluding carboxylic acids is 1. The molecule has 2 aliphatic rings. The van der Waals surface area contributed by atoms with Crippen molar-refractivity contribution in [2.75, 3.05) is 13.1 Å². The van der Waals surface area contributed by atoms with Crippen molar-refractivity contribution >= 4 is 19.0 Å². The molecule has 2 aliphatic heterocycles. The Balaban J connectivity index is 1.47. The number of hydrogen-bond donors (Lipinski definition) is 2. The van der Waals surface area contributed by atoms with Crippen LogP contribution < -0.4 is 9.39 Å². The minimum absolute atomic E-state index is 0.0942. The third-order valence-electron chi connectivity index (χ3n) is 4.67. The summed E-state index contributed by atoms with van der Waals surface area (Å²) >= 11 is 0. The van der Waals surface area contributed by atoms with Crippen LogP contribution in [0.4, 0.5) is 0 Å². The van der Waals surface area contributed by atoms with Gasteiger partial charge in [-0.2, -0.15) is 0 Å². The zero-order valence-electron chi connectivity index (χ0n) is 14.4. The van der Waals surface area contributed by atoms with Gasteiger partial charge in [-0.1, -0.05) is 6.07 Å². The fraction of sp³-hybridized carbons (Fsp3) is 0.278. The number of benzene rings is 1. The van der Waals surface area contributed by atoms with Gasteiger partial charge in [0, 0.05) is 12.4 Å². The minimum atomic E-state index is -1.18. The molecule has 0 unspecified atom stereocenters. The quantitative estimate of drug-likeness (QED) is 0.778. The van der Waals surface area contributed by atoms with Gasteiger partial charge in [0.05, 0.1) is 18.7 Å². The average molecular weight is 368 g/mol. The van der Waals surface area contributed by atoms with Gasteiger partial charge in [-0.3, -0.25) is 9.78 Å². The van der Waals surface area contributed by atoms with Crippen LogP contribution in [0.15, 0.2) is 36.7 Å². The third-order valence-corrected chi connectivity index (χ3v) is 4.67. The Labute approximate surface area is 155 Å². The highest BCUT2D eigenvalue weighted by atomic mass is 16.5. The number of nitrogens with zero attached hydrogens (tertiary/aromatic N) is 2. The van der Waals surface area contributed by atoms with Crippen LogP contribution in [0.3, 0.4) is 0 Å². The van der Waals surface area contributed by atoms with E-state index in [0.29, 0.717) is 31.4 Å². The second kappa shape index (κ2) is 6.92. The van der Waals surface area contributed by atoms with E-state index in [-0.39, 0.29) is 29.1 Å². The highest BCUT2D eigenvalue weighted by Crippen LogP contribution is 2.37. The van der Waals surface area contributed by atoms with Gasteiger partial charge in [-0.25, -0.2) is 4.79 Å². The highest BCUT2D eigenvalue weighted by Gasteiger charge is 2.35. The number of amides is 1. The summed E-state index contributed by atoms with van der Waals surface area (Å²) in [6.07, 6.45) is 3.75. The molecule has 27 heavy (non-hydrogen) atoms. The van der Waals surface area contributed by atoms with Gasteiger partial charge in [0.15, 0.2) is 0 Å². The molecule has 2 N–H and O–H groups in total. The summed E-state index contributed by atoms with van der Waals surface area (Å²) in [5.74, 6) is -0.993. The molecule has 0 radical (unpaired) electrons. The maximum absolute atomic E-state index is 12.3. The minimum Gasteiger partial charge on any atom is -0.535 e. The van der Waals surface area contributed by atoms with Gasteiger partial charge in [0.25, 0.3) is 5.91 Å². The molecule has 0 saturated carbocycles. The molecule has 8 nitrogen and oxygen atoms in total. The standard InChI is InChI=1S/C18H17BN2O6/c22-17(12-2-1-7-20-8-12)21-9-13(10-21)26-14-4-3-11-5-6-19(25)27-16(11)15(14)18(23)24/h1-4,7-8,13,25H,5-6,9-10H2,(H,23,24). The molecule has 1 aromatic carbocycles. The van der Waals surface area contributed by atoms with Crippen LogP contribution in [-0.4, -0.2) is 58.2 Å². The number of likely N-dealkylation sites (tertiary alicyclic amines) is 1. The number of pyridine rings is 1. The van der Waals surface area contributed by atoms with Crippen LogP contribution in [0, 0.1) is 0 Å². The molecular weight excluding hydrogens is 351 g/mol. The monoisotopic (exact) mass is 368 g/mol. The molecule has 138 valence electrons. The van der Waals surface area contributed by atoms with Gasteiger partial charge in [0.2, 0.25) is 0 Å². The molecule has 0 bridgehead atoms. The van der Waals surface area contributed by atoms with Crippen molar-refractivity contribution < 1.29 is 29.1 Å². The smallest absolute Gasteiger partial charge is 0.522 e. The first kappa shape index (κ1) is 17.4. The van der Waals surface area contributed by atoms with E-state index in [9.17, 15) is 19.7 Å². The van der Waals surface area contributed by atoms with Crippen molar-refractivity contribution in [1.29, 1.82) is 0 Å². The molecule has 0 spiro atoms. The largest absolute Gasteiger partial charge is 0.535 e. The molecule has 9 heteroatoms. The highest BCUT2D eigenvalue weighted by molar-refractivity contribution is 6.44. The summed E-state index contributed by atoms with van der Waals surface area (Å²) < 4.78 is 11.1. The van der Waals surface area contributed by atoms with Crippen LogP contribution in [-0.2, 0) is 6.42 Å². The van der Waals surface area contributed by atoms with Gasteiger partial charge < -0.3 is 24.4 Å². The van der Waals surface area contributed by atoms with Gasteiger partial charge in [-0.15, -0.1) is 0 Å². The Kier molecular flexibility index (Phi) is 4.45. The van der Waals surface area contributed by atoms with Crippen molar-refractivity contribution in [2.45, 2.75) is 18.8 Å². The molecule has 2 aromatic rings. The number of hydrogen-bond acceptors (Lipinski definition) is 6. The van der Waals surface area contributed by atoms with Crippen molar-refractivity contribution in [3.63, 3.8) is 0 Å². The normalized spacial score (nSPS) is 16.2. The maximum atomic E-state index is 12.3. The number of rotatable bonds is 4. The molecule has 1 fully saturated rings. The van der Waals surface area contributed by atoms with E-state index >= 15 is 0 Å². The summed E-state index contributed by atoms with van der Waals surface area (Å²) in [7, 11) is -1.03. The van der Waals surface area contributed by atoms with E-state index in [4.69, 9.17) is 9.39 Å². The zero-order valence-corrected chi connectivity index (χ0v) is 14.4. The fourth-order valence-corrected chi connectivity index (χ4v) is 3.24. The van der Waals surface area contributed by atoms with Crippen LogP contribution in [0.2, 0.25) is 6.32 Å². The third kappa shape index (κ3) is 3.33. The van der Waals surface area contributed by atoms with E-state index in [1.54, 1.807) is 35.4 Å². The van der Waals surface area contributed by atoms with E-state index in [2.05, 4.69) is 4.98 Å². The van der Waals surface area contributed by atoms with Crippen LogP contribution in [0.25, 0.3) is 0 Å². The Morgan fingerprint density at radius 3 is 2.81 bits per heavy atom.